The molecule has 0 aliphatic heterocycles. The monoisotopic (exact) mass is 312 g/mol. The second-order valence-electron chi connectivity index (χ2n) is 4.41. The molecule has 0 radical (unpaired) electrons. The second kappa shape index (κ2) is 9.69. The molecular formula is C14H20N2O6. The van der Waals surface area contributed by atoms with Crippen molar-refractivity contribution in [1.29, 1.82) is 0 Å². The minimum Gasteiger partial charge on any atom is -0.460 e. The molecule has 0 spiro atoms. The lowest BCUT2D eigenvalue weighted by Crippen LogP contribution is -2.35. The van der Waals surface area contributed by atoms with Crippen LogP contribution in [-0.4, -0.2) is 48.6 Å². The van der Waals surface area contributed by atoms with Crippen LogP contribution in [0.5, 0.6) is 0 Å². The highest BCUT2D eigenvalue weighted by Crippen LogP contribution is 1.91. The number of rotatable bonds is 10. The summed E-state index contributed by atoms with van der Waals surface area (Å²) in [5, 5.41) is 0. The normalized spacial score (nSPS) is 10.4. The van der Waals surface area contributed by atoms with Crippen molar-refractivity contribution in [2.24, 2.45) is 0 Å². The van der Waals surface area contributed by atoms with Crippen LogP contribution in [0.15, 0.2) is 34.0 Å². The van der Waals surface area contributed by atoms with E-state index in [0.29, 0.717) is 18.8 Å². The van der Waals surface area contributed by atoms with Crippen molar-refractivity contribution < 1.29 is 19.0 Å². The number of carbonyl (C=O) groups excluding carboxylic acids is 1. The molecule has 0 fully saturated rings. The van der Waals surface area contributed by atoms with E-state index in [-0.39, 0.29) is 31.9 Å². The third kappa shape index (κ3) is 6.51. The molecule has 0 unspecified atom stereocenters. The fourth-order valence-electron chi connectivity index (χ4n) is 1.46. The average molecular weight is 312 g/mol. The Kier molecular flexibility index (Phi) is 7.87. The Bertz CT molecular complexity index is 576. The van der Waals surface area contributed by atoms with Gasteiger partial charge in [-0.1, -0.05) is 6.58 Å². The Morgan fingerprint density at radius 3 is 2.45 bits per heavy atom. The van der Waals surface area contributed by atoms with Gasteiger partial charge in [0.05, 0.1) is 33.0 Å². The van der Waals surface area contributed by atoms with E-state index in [1.165, 1.54) is 12.3 Å². The molecule has 0 aliphatic rings. The van der Waals surface area contributed by atoms with E-state index in [1.54, 1.807) is 6.92 Å². The summed E-state index contributed by atoms with van der Waals surface area (Å²) in [6, 6.07) is 1.27. The van der Waals surface area contributed by atoms with Gasteiger partial charge in [0.1, 0.15) is 6.61 Å². The van der Waals surface area contributed by atoms with Crippen molar-refractivity contribution in [3.63, 3.8) is 0 Å². The summed E-state index contributed by atoms with van der Waals surface area (Å²) in [7, 11) is 0. The fraction of sp³-hybridized carbons (Fsp3) is 0.500. The number of nitrogens with one attached hydrogen (secondary N) is 1. The zero-order valence-electron chi connectivity index (χ0n) is 12.5. The first-order valence-electron chi connectivity index (χ1n) is 6.79. The van der Waals surface area contributed by atoms with E-state index >= 15 is 0 Å². The van der Waals surface area contributed by atoms with Gasteiger partial charge >= 0.3 is 11.7 Å². The molecule has 122 valence electrons. The Morgan fingerprint density at radius 2 is 1.82 bits per heavy atom. The summed E-state index contributed by atoms with van der Waals surface area (Å²) >= 11 is 0. The summed E-state index contributed by atoms with van der Waals surface area (Å²) in [6.07, 6.45) is 1.30. The number of hydrogen-bond acceptors (Lipinski definition) is 6. The van der Waals surface area contributed by atoms with Gasteiger partial charge in [0.15, 0.2) is 0 Å². The Hall–Kier alpha value is -2.19. The quantitative estimate of drug-likeness (QED) is 0.361. The number of ether oxygens (including phenoxy) is 3. The Morgan fingerprint density at radius 1 is 1.18 bits per heavy atom. The molecule has 0 saturated carbocycles. The summed E-state index contributed by atoms with van der Waals surface area (Å²) in [5.74, 6) is -0.446. The molecule has 22 heavy (non-hydrogen) atoms. The maximum absolute atomic E-state index is 11.4. The molecular weight excluding hydrogens is 292 g/mol. The van der Waals surface area contributed by atoms with Crippen molar-refractivity contribution >= 4 is 5.97 Å². The molecule has 1 heterocycles. The van der Waals surface area contributed by atoms with Crippen LogP contribution < -0.4 is 11.2 Å². The maximum Gasteiger partial charge on any atom is 0.333 e. The number of H-pyrrole nitrogens is 1. The second-order valence-corrected chi connectivity index (χ2v) is 4.41. The lowest BCUT2D eigenvalue weighted by molar-refractivity contribution is -0.140. The molecule has 0 bridgehead atoms. The number of nitrogens with zero attached hydrogens (tertiary/aromatic N) is 1. The number of aromatic amines is 1. The molecule has 8 heteroatoms. The zero-order valence-corrected chi connectivity index (χ0v) is 12.5. The van der Waals surface area contributed by atoms with Crippen LogP contribution >= 0.6 is 0 Å². The maximum atomic E-state index is 11.4. The molecule has 1 rings (SSSR count). The van der Waals surface area contributed by atoms with Gasteiger partial charge in [-0.2, -0.15) is 0 Å². The molecule has 0 atom stereocenters. The van der Waals surface area contributed by atoms with Gasteiger partial charge < -0.3 is 19.2 Å². The topological polar surface area (TPSA) is 99.6 Å². The van der Waals surface area contributed by atoms with Gasteiger partial charge in [0.2, 0.25) is 0 Å². The van der Waals surface area contributed by atoms with Crippen molar-refractivity contribution in [2.75, 3.05) is 33.0 Å². The summed E-state index contributed by atoms with van der Waals surface area (Å²) in [5.41, 5.74) is -0.496. The van der Waals surface area contributed by atoms with Crippen LogP contribution in [0, 0.1) is 0 Å². The highest BCUT2D eigenvalue weighted by molar-refractivity contribution is 5.86. The summed E-state index contributed by atoms with van der Waals surface area (Å²) in [6.45, 7) is 6.48. The van der Waals surface area contributed by atoms with E-state index in [1.807, 2.05) is 0 Å². The van der Waals surface area contributed by atoms with Crippen molar-refractivity contribution in [3.05, 3.63) is 45.3 Å². The van der Waals surface area contributed by atoms with Crippen LogP contribution in [0.1, 0.15) is 6.92 Å². The number of hydrogen-bond donors (Lipinski definition) is 1. The van der Waals surface area contributed by atoms with Gasteiger partial charge in [-0.15, -0.1) is 0 Å². The van der Waals surface area contributed by atoms with Crippen molar-refractivity contribution in [3.8, 4) is 0 Å². The predicted octanol–water partition coefficient (Wildman–Crippen LogP) is -0.311. The largest absolute Gasteiger partial charge is 0.460 e. The third-order valence-electron chi connectivity index (χ3n) is 2.58. The highest BCUT2D eigenvalue weighted by atomic mass is 16.6. The van der Waals surface area contributed by atoms with Crippen molar-refractivity contribution in [2.45, 2.75) is 13.5 Å². The van der Waals surface area contributed by atoms with Gasteiger partial charge in [0, 0.05) is 17.8 Å². The summed E-state index contributed by atoms with van der Waals surface area (Å²) < 4.78 is 16.3. The number of aromatic nitrogens is 2. The number of esters is 1. The standard InChI is InChI=1S/C14H20N2O6/c1-11(2)13(18)22-10-9-21-8-7-20-6-5-16-12(17)3-4-15-14(16)19/h3-4H,1,5-10H2,2H3,(H,15,19). The average Bonchev–Trinajstić information content (AvgIpc) is 2.47. The first kappa shape index (κ1) is 17.9. The van der Waals surface area contributed by atoms with E-state index in [2.05, 4.69) is 11.6 Å². The van der Waals surface area contributed by atoms with Gasteiger partial charge in [0.25, 0.3) is 5.56 Å². The first-order chi connectivity index (χ1) is 10.5. The smallest absolute Gasteiger partial charge is 0.333 e. The van der Waals surface area contributed by atoms with Gasteiger partial charge in [-0.25, -0.2) is 9.59 Å². The van der Waals surface area contributed by atoms with Crippen molar-refractivity contribution in [1.82, 2.24) is 9.55 Å². The minimum absolute atomic E-state index is 0.153. The molecule has 1 aromatic rings. The van der Waals surface area contributed by atoms with E-state index in [9.17, 15) is 14.4 Å². The molecule has 0 saturated heterocycles. The van der Waals surface area contributed by atoms with Gasteiger partial charge in [-0.05, 0) is 6.92 Å². The fourth-order valence-corrected chi connectivity index (χ4v) is 1.46. The zero-order chi connectivity index (χ0) is 16.4. The SMILES string of the molecule is C=C(C)C(=O)OCCOCCOCCn1c(=O)cc[nH]c1=O. The van der Waals surface area contributed by atoms with E-state index in [4.69, 9.17) is 14.2 Å². The predicted molar refractivity (Wildman–Crippen MR) is 78.7 cm³/mol. The van der Waals surface area contributed by atoms with Gasteiger partial charge in [-0.3, -0.25) is 9.36 Å². The molecule has 0 aliphatic carbocycles. The van der Waals surface area contributed by atoms with Crippen LogP contribution in [0.3, 0.4) is 0 Å². The lowest BCUT2D eigenvalue weighted by Gasteiger charge is -2.07. The van der Waals surface area contributed by atoms with Crippen LogP contribution in [-0.2, 0) is 25.5 Å². The van der Waals surface area contributed by atoms with E-state index in [0.717, 1.165) is 4.57 Å². The first-order valence-corrected chi connectivity index (χ1v) is 6.79. The molecule has 1 aromatic heterocycles. The molecule has 0 aromatic carbocycles. The third-order valence-corrected chi connectivity index (χ3v) is 2.58. The van der Waals surface area contributed by atoms with Crippen LogP contribution in [0.2, 0.25) is 0 Å². The molecule has 8 nitrogen and oxygen atoms in total. The minimum atomic E-state index is -0.466. The van der Waals surface area contributed by atoms with Crippen LogP contribution in [0.25, 0.3) is 0 Å². The summed E-state index contributed by atoms with van der Waals surface area (Å²) in [4.78, 5) is 36.2. The Balaban J connectivity index is 2.05. The van der Waals surface area contributed by atoms with E-state index < -0.39 is 11.7 Å². The molecule has 1 N–H and O–H groups in total. The lowest BCUT2D eigenvalue weighted by atomic mass is 10.4. The number of carbonyl (C=O) groups is 1. The molecule has 0 amide bonds. The Labute approximate surface area is 127 Å². The van der Waals surface area contributed by atoms with Crippen LogP contribution in [0.4, 0.5) is 0 Å². The highest BCUT2D eigenvalue weighted by Gasteiger charge is 2.02.